The van der Waals surface area contributed by atoms with Gasteiger partial charge in [-0.05, 0) is 31.5 Å². The molecule has 1 nitrogen and oxygen atoms in total. The van der Waals surface area contributed by atoms with Crippen LogP contribution in [0.25, 0.3) is 0 Å². The van der Waals surface area contributed by atoms with Crippen molar-refractivity contribution in [2.45, 2.75) is 20.0 Å². The molecular weight excluding hydrogens is 212 g/mol. The van der Waals surface area contributed by atoms with E-state index in [0.717, 1.165) is 19.9 Å². The average Bonchev–Trinajstić information content (AvgIpc) is 2.06. The lowest BCUT2D eigenvalue weighted by molar-refractivity contribution is -0.138. The molecule has 0 heterocycles. The Morgan fingerprint density at radius 3 is 2.20 bits per heavy atom. The molecule has 0 amide bonds. The summed E-state index contributed by atoms with van der Waals surface area (Å²) in [5, 5.41) is 0. The molecule has 0 fully saturated rings. The first-order valence-corrected chi connectivity index (χ1v) is 4.11. The molecule has 0 bridgehead atoms. The minimum absolute atomic E-state index is 0.273. The SMILES string of the molecule is CC(=O)c1cc(F)c(C)c(C(F)(F)F)c1. The van der Waals surface area contributed by atoms with E-state index in [-0.39, 0.29) is 5.56 Å². The van der Waals surface area contributed by atoms with Crippen molar-refractivity contribution >= 4 is 5.78 Å². The van der Waals surface area contributed by atoms with Crippen molar-refractivity contribution in [1.82, 2.24) is 0 Å². The monoisotopic (exact) mass is 220 g/mol. The zero-order valence-corrected chi connectivity index (χ0v) is 8.07. The Kier molecular flexibility index (Phi) is 2.83. The van der Waals surface area contributed by atoms with Crippen LogP contribution in [0, 0.1) is 12.7 Å². The highest BCUT2D eigenvalue weighted by Gasteiger charge is 2.34. The molecule has 1 aromatic carbocycles. The summed E-state index contributed by atoms with van der Waals surface area (Å²) in [6.07, 6.45) is -4.64. The van der Waals surface area contributed by atoms with E-state index in [1.807, 2.05) is 0 Å². The molecule has 0 aliphatic rings. The highest BCUT2D eigenvalue weighted by Crippen LogP contribution is 2.33. The zero-order chi connectivity index (χ0) is 11.8. The summed E-state index contributed by atoms with van der Waals surface area (Å²) >= 11 is 0. The number of carbonyl (C=O) groups excluding carboxylic acids is 1. The van der Waals surface area contributed by atoms with Crippen LogP contribution in [0.3, 0.4) is 0 Å². The van der Waals surface area contributed by atoms with E-state index in [1.165, 1.54) is 0 Å². The molecule has 0 aromatic heterocycles. The van der Waals surface area contributed by atoms with Gasteiger partial charge in [0.2, 0.25) is 0 Å². The summed E-state index contributed by atoms with van der Waals surface area (Å²) < 4.78 is 50.3. The van der Waals surface area contributed by atoms with Crippen molar-refractivity contribution in [2.24, 2.45) is 0 Å². The van der Waals surface area contributed by atoms with Crippen molar-refractivity contribution < 1.29 is 22.4 Å². The molecular formula is C10H8F4O. The normalized spacial score (nSPS) is 11.6. The van der Waals surface area contributed by atoms with Crippen LogP contribution in [0.1, 0.15) is 28.4 Å². The van der Waals surface area contributed by atoms with E-state index < -0.39 is 28.9 Å². The van der Waals surface area contributed by atoms with Crippen LogP contribution in [0.15, 0.2) is 12.1 Å². The maximum absolute atomic E-state index is 13.1. The highest BCUT2D eigenvalue weighted by atomic mass is 19.4. The summed E-state index contributed by atoms with van der Waals surface area (Å²) in [6.45, 7) is 2.12. The van der Waals surface area contributed by atoms with Crippen LogP contribution in [0.4, 0.5) is 17.6 Å². The number of halogens is 4. The molecule has 82 valence electrons. The molecule has 0 N–H and O–H groups in total. The number of alkyl halides is 3. The average molecular weight is 220 g/mol. The molecule has 5 heteroatoms. The van der Waals surface area contributed by atoms with Crippen molar-refractivity contribution in [1.29, 1.82) is 0 Å². The van der Waals surface area contributed by atoms with Crippen LogP contribution >= 0.6 is 0 Å². The van der Waals surface area contributed by atoms with Crippen molar-refractivity contribution in [3.05, 3.63) is 34.6 Å². The maximum atomic E-state index is 13.1. The van der Waals surface area contributed by atoms with Crippen molar-refractivity contribution in [3.8, 4) is 0 Å². The van der Waals surface area contributed by atoms with Crippen molar-refractivity contribution in [2.75, 3.05) is 0 Å². The minimum atomic E-state index is -4.64. The first kappa shape index (κ1) is 11.7. The lowest BCUT2D eigenvalue weighted by Gasteiger charge is -2.11. The predicted molar refractivity (Wildman–Crippen MR) is 46.1 cm³/mol. The van der Waals surface area contributed by atoms with Crippen LogP contribution in [-0.4, -0.2) is 5.78 Å². The second-order valence-corrected chi connectivity index (χ2v) is 3.18. The smallest absolute Gasteiger partial charge is 0.295 e. The molecule has 0 saturated heterocycles. The summed E-state index contributed by atoms with van der Waals surface area (Å²) in [5.74, 6) is -1.62. The highest BCUT2D eigenvalue weighted by molar-refractivity contribution is 5.94. The van der Waals surface area contributed by atoms with Crippen LogP contribution in [-0.2, 0) is 6.18 Å². The lowest BCUT2D eigenvalue weighted by atomic mass is 10.0. The molecule has 0 unspecified atom stereocenters. The minimum Gasteiger partial charge on any atom is -0.295 e. The fraction of sp³-hybridized carbons (Fsp3) is 0.300. The zero-order valence-electron chi connectivity index (χ0n) is 8.07. The Labute approximate surface area is 83.7 Å². The fourth-order valence-corrected chi connectivity index (χ4v) is 1.18. The van der Waals surface area contributed by atoms with Gasteiger partial charge in [-0.15, -0.1) is 0 Å². The number of carbonyl (C=O) groups is 1. The number of benzene rings is 1. The van der Waals surface area contributed by atoms with Gasteiger partial charge >= 0.3 is 6.18 Å². The Bertz CT molecular complexity index is 407. The van der Waals surface area contributed by atoms with Gasteiger partial charge in [0, 0.05) is 5.56 Å². The fourth-order valence-electron chi connectivity index (χ4n) is 1.18. The summed E-state index contributed by atoms with van der Waals surface area (Å²) in [5.41, 5.74) is -1.87. The van der Waals surface area contributed by atoms with Gasteiger partial charge in [-0.3, -0.25) is 4.79 Å². The molecule has 0 spiro atoms. The number of hydrogen-bond donors (Lipinski definition) is 0. The van der Waals surface area contributed by atoms with E-state index in [0.29, 0.717) is 6.07 Å². The third-order valence-electron chi connectivity index (χ3n) is 2.06. The van der Waals surface area contributed by atoms with E-state index in [1.54, 1.807) is 0 Å². The number of hydrogen-bond acceptors (Lipinski definition) is 1. The second-order valence-electron chi connectivity index (χ2n) is 3.18. The maximum Gasteiger partial charge on any atom is 0.416 e. The molecule has 0 radical (unpaired) electrons. The summed E-state index contributed by atoms with van der Waals surface area (Å²) in [4.78, 5) is 10.9. The molecule has 15 heavy (non-hydrogen) atoms. The lowest BCUT2D eigenvalue weighted by Crippen LogP contribution is -2.11. The largest absolute Gasteiger partial charge is 0.416 e. The predicted octanol–water partition coefficient (Wildman–Crippen LogP) is 3.36. The first-order valence-electron chi connectivity index (χ1n) is 4.11. The van der Waals surface area contributed by atoms with Crippen LogP contribution < -0.4 is 0 Å². The third kappa shape index (κ3) is 2.34. The molecule has 0 aliphatic heterocycles. The third-order valence-corrected chi connectivity index (χ3v) is 2.06. The van der Waals surface area contributed by atoms with E-state index in [4.69, 9.17) is 0 Å². The summed E-state index contributed by atoms with van der Waals surface area (Å²) in [6, 6.07) is 1.48. The Balaban J connectivity index is 3.45. The molecule has 0 saturated carbocycles. The van der Waals surface area contributed by atoms with Gasteiger partial charge in [0.1, 0.15) is 5.82 Å². The van der Waals surface area contributed by atoms with Crippen molar-refractivity contribution in [3.63, 3.8) is 0 Å². The van der Waals surface area contributed by atoms with Crippen LogP contribution in [0.5, 0.6) is 0 Å². The Hall–Kier alpha value is -1.39. The molecule has 0 atom stereocenters. The number of rotatable bonds is 1. The van der Waals surface area contributed by atoms with E-state index in [9.17, 15) is 22.4 Å². The van der Waals surface area contributed by atoms with E-state index >= 15 is 0 Å². The second kappa shape index (κ2) is 3.64. The quantitative estimate of drug-likeness (QED) is 0.524. The van der Waals surface area contributed by atoms with Gasteiger partial charge in [0.05, 0.1) is 5.56 Å². The summed E-state index contributed by atoms with van der Waals surface area (Å²) in [7, 11) is 0. The van der Waals surface area contributed by atoms with Gasteiger partial charge in [-0.1, -0.05) is 0 Å². The van der Waals surface area contributed by atoms with Gasteiger partial charge in [0.15, 0.2) is 5.78 Å². The van der Waals surface area contributed by atoms with Gasteiger partial charge in [-0.2, -0.15) is 13.2 Å². The standard InChI is InChI=1S/C10H8F4O/c1-5-8(10(12,13)14)3-7(6(2)15)4-9(5)11/h3-4H,1-2H3. The number of ketones is 1. The number of Topliss-reactive ketones (excluding diaryl/α,β-unsaturated/α-hetero) is 1. The molecule has 1 aromatic rings. The van der Waals surface area contributed by atoms with E-state index in [2.05, 4.69) is 0 Å². The molecule has 0 aliphatic carbocycles. The Morgan fingerprint density at radius 2 is 1.80 bits per heavy atom. The Morgan fingerprint density at radius 1 is 1.27 bits per heavy atom. The molecule has 1 rings (SSSR count). The van der Waals surface area contributed by atoms with Gasteiger partial charge in [0.25, 0.3) is 0 Å². The van der Waals surface area contributed by atoms with Gasteiger partial charge < -0.3 is 0 Å². The first-order chi connectivity index (χ1) is 6.73. The van der Waals surface area contributed by atoms with Crippen LogP contribution in [0.2, 0.25) is 0 Å². The van der Waals surface area contributed by atoms with Gasteiger partial charge in [-0.25, -0.2) is 4.39 Å². The topological polar surface area (TPSA) is 17.1 Å².